The number of benzene rings is 1. The smallest absolute Gasteiger partial charge is 0.229 e. The molecular formula is C15H17N5. The van der Waals surface area contributed by atoms with E-state index in [2.05, 4.69) is 15.1 Å². The Morgan fingerprint density at radius 2 is 2.15 bits per heavy atom. The molecule has 3 aromatic rings. The molecule has 1 aromatic carbocycles. The Hall–Kier alpha value is -2.14. The van der Waals surface area contributed by atoms with Gasteiger partial charge in [0.25, 0.3) is 0 Å². The minimum Gasteiger partial charge on any atom is -0.324 e. The van der Waals surface area contributed by atoms with Gasteiger partial charge < -0.3 is 10.7 Å². The van der Waals surface area contributed by atoms with Crippen LogP contribution in [0, 0.1) is 0 Å². The van der Waals surface area contributed by atoms with Crippen LogP contribution in [0.5, 0.6) is 0 Å². The van der Waals surface area contributed by atoms with Gasteiger partial charge in [-0.15, -0.1) is 0 Å². The number of para-hydroxylation sites is 2. The Morgan fingerprint density at radius 3 is 3.05 bits per heavy atom. The lowest BCUT2D eigenvalue weighted by Crippen LogP contribution is -2.10. The van der Waals surface area contributed by atoms with E-state index in [0.717, 1.165) is 36.2 Å². The minimum absolute atomic E-state index is 0.102. The van der Waals surface area contributed by atoms with Crippen molar-refractivity contribution in [3.8, 4) is 5.95 Å². The fraction of sp³-hybridized carbons (Fsp3) is 0.333. The summed E-state index contributed by atoms with van der Waals surface area (Å²) in [5, 5.41) is 4.50. The van der Waals surface area contributed by atoms with Crippen molar-refractivity contribution in [1.29, 1.82) is 0 Å². The van der Waals surface area contributed by atoms with E-state index in [1.54, 1.807) is 0 Å². The zero-order valence-electron chi connectivity index (χ0n) is 11.2. The molecule has 0 spiro atoms. The lowest BCUT2D eigenvalue weighted by molar-refractivity contribution is 0.611. The number of rotatable bonds is 1. The number of fused-ring (bicyclic) bond motifs is 2. The predicted molar refractivity (Wildman–Crippen MR) is 77.7 cm³/mol. The molecule has 0 saturated carbocycles. The van der Waals surface area contributed by atoms with Crippen molar-refractivity contribution in [2.75, 3.05) is 0 Å². The summed E-state index contributed by atoms with van der Waals surface area (Å²) in [4.78, 5) is 7.95. The van der Waals surface area contributed by atoms with Crippen LogP contribution in [-0.2, 0) is 6.42 Å². The van der Waals surface area contributed by atoms with E-state index in [4.69, 9.17) is 5.73 Å². The number of nitrogens with one attached hydrogen (secondary N) is 1. The number of aromatic nitrogens is 4. The van der Waals surface area contributed by atoms with Crippen molar-refractivity contribution < 1.29 is 0 Å². The van der Waals surface area contributed by atoms with Gasteiger partial charge in [0.1, 0.15) is 0 Å². The number of aromatic amines is 1. The first-order valence-corrected chi connectivity index (χ1v) is 7.10. The van der Waals surface area contributed by atoms with Gasteiger partial charge in [0.2, 0.25) is 5.95 Å². The van der Waals surface area contributed by atoms with Crippen LogP contribution in [0.3, 0.4) is 0 Å². The van der Waals surface area contributed by atoms with Gasteiger partial charge in [0, 0.05) is 11.6 Å². The van der Waals surface area contributed by atoms with Crippen molar-refractivity contribution in [3.05, 3.63) is 41.7 Å². The molecule has 1 aliphatic carbocycles. The van der Waals surface area contributed by atoms with Crippen LogP contribution >= 0.6 is 0 Å². The highest BCUT2D eigenvalue weighted by Gasteiger charge is 2.21. The van der Waals surface area contributed by atoms with Gasteiger partial charge in [-0.1, -0.05) is 18.6 Å². The summed E-state index contributed by atoms with van der Waals surface area (Å²) in [5.41, 5.74) is 10.6. The fourth-order valence-electron chi connectivity index (χ4n) is 2.98. The molecule has 2 heterocycles. The van der Waals surface area contributed by atoms with Gasteiger partial charge in [-0.05, 0) is 31.4 Å². The second-order valence-corrected chi connectivity index (χ2v) is 5.39. The third-order valence-corrected chi connectivity index (χ3v) is 4.06. The lowest BCUT2D eigenvalue weighted by atomic mass is 10.1. The molecule has 0 amide bonds. The average Bonchev–Trinajstić information content (AvgIpc) is 3.02. The molecule has 5 nitrogen and oxygen atoms in total. The highest BCUT2D eigenvalue weighted by Crippen LogP contribution is 2.28. The molecule has 3 N–H and O–H groups in total. The van der Waals surface area contributed by atoms with Gasteiger partial charge in [-0.25, -0.2) is 9.67 Å². The molecule has 2 aromatic heterocycles. The van der Waals surface area contributed by atoms with Crippen LogP contribution in [0.25, 0.3) is 17.0 Å². The van der Waals surface area contributed by atoms with E-state index in [1.807, 2.05) is 35.1 Å². The number of nitrogens with two attached hydrogens (primary N) is 1. The third-order valence-electron chi connectivity index (χ3n) is 4.06. The van der Waals surface area contributed by atoms with Crippen LogP contribution in [0.1, 0.15) is 36.6 Å². The Morgan fingerprint density at radius 1 is 1.25 bits per heavy atom. The first kappa shape index (κ1) is 11.7. The molecule has 0 aliphatic heterocycles. The Bertz CT molecular complexity index is 722. The summed E-state index contributed by atoms with van der Waals surface area (Å²) >= 11 is 0. The summed E-state index contributed by atoms with van der Waals surface area (Å²) in [6, 6.07) is 8.13. The summed E-state index contributed by atoms with van der Waals surface area (Å²) in [7, 11) is 0. The Kier molecular flexibility index (Phi) is 2.60. The highest BCUT2D eigenvalue weighted by atomic mass is 15.4. The maximum absolute atomic E-state index is 6.23. The molecule has 0 radical (unpaired) electrons. The molecule has 102 valence electrons. The van der Waals surface area contributed by atoms with Crippen LogP contribution in [0.15, 0.2) is 30.5 Å². The summed E-state index contributed by atoms with van der Waals surface area (Å²) in [5.74, 6) is 0.779. The van der Waals surface area contributed by atoms with Gasteiger partial charge in [-0.3, -0.25) is 0 Å². The predicted octanol–water partition coefficient (Wildman–Crippen LogP) is 2.47. The van der Waals surface area contributed by atoms with E-state index < -0.39 is 0 Å². The maximum atomic E-state index is 6.23. The molecular weight excluding hydrogens is 250 g/mol. The molecule has 0 saturated heterocycles. The van der Waals surface area contributed by atoms with E-state index in [9.17, 15) is 0 Å². The van der Waals surface area contributed by atoms with E-state index in [-0.39, 0.29) is 6.04 Å². The first-order valence-electron chi connectivity index (χ1n) is 7.10. The standard InChI is InChI=1S/C15H17N5/c16-11-5-1-4-8-14-10(11)9-17-20(14)15-18-12-6-2-3-7-13(12)19-15/h2-3,6-7,9,11H,1,4-5,8,16H2,(H,18,19). The zero-order chi connectivity index (χ0) is 13.5. The van der Waals surface area contributed by atoms with Gasteiger partial charge >= 0.3 is 0 Å². The Labute approximate surface area is 116 Å². The number of nitrogens with zero attached hydrogens (tertiary/aromatic N) is 3. The van der Waals surface area contributed by atoms with E-state index >= 15 is 0 Å². The van der Waals surface area contributed by atoms with Gasteiger partial charge in [0.05, 0.1) is 22.9 Å². The van der Waals surface area contributed by atoms with Crippen LogP contribution in [0.4, 0.5) is 0 Å². The number of hydrogen-bond acceptors (Lipinski definition) is 3. The summed E-state index contributed by atoms with van der Waals surface area (Å²) in [6.07, 6.45) is 6.29. The quantitative estimate of drug-likeness (QED) is 0.665. The number of hydrogen-bond donors (Lipinski definition) is 2. The molecule has 1 atom stereocenters. The van der Waals surface area contributed by atoms with Crippen molar-refractivity contribution in [1.82, 2.24) is 19.7 Å². The maximum Gasteiger partial charge on any atom is 0.229 e. The van der Waals surface area contributed by atoms with Crippen LogP contribution in [-0.4, -0.2) is 19.7 Å². The SMILES string of the molecule is NC1CCCCc2c1cnn2-c1nc2ccccc2[nH]1. The van der Waals surface area contributed by atoms with Crippen LogP contribution < -0.4 is 5.73 Å². The van der Waals surface area contributed by atoms with Gasteiger partial charge in [-0.2, -0.15) is 5.10 Å². The van der Waals surface area contributed by atoms with E-state index in [1.165, 1.54) is 17.7 Å². The number of imidazole rings is 1. The summed E-state index contributed by atoms with van der Waals surface area (Å²) < 4.78 is 1.92. The van der Waals surface area contributed by atoms with Crippen molar-refractivity contribution >= 4 is 11.0 Å². The average molecular weight is 267 g/mol. The second kappa shape index (κ2) is 4.45. The zero-order valence-corrected chi connectivity index (χ0v) is 11.2. The molecule has 0 bridgehead atoms. The topological polar surface area (TPSA) is 72.5 Å². The van der Waals surface area contributed by atoms with Crippen molar-refractivity contribution in [2.24, 2.45) is 5.73 Å². The lowest BCUT2D eigenvalue weighted by Gasteiger charge is -2.07. The summed E-state index contributed by atoms with van der Waals surface area (Å²) in [6.45, 7) is 0. The molecule has 1 unspecified atom stereocenters. The minimum atomic E-state index is 0.102. The molecule has 4 rings (SSSR count). The number of H-pyrrole nitrogens is 1. The monoisotopic (exact) mass is 267 g/mol. The molecule has 1 aliphatic rings. The van der Waals surface area contributed by atoms with Crippen molar-refractivity contribution in [3.63, 3.8) is 0 Å². The van der Waals surface area contributed by atoms with Crippen LogP contribution in [0.2, 0.25) is 0 Å². The normalized spacial score (nSPS) is 18.9. The Balaban J connectivity index is 1.86. The second-order valence-electron chi connectivity index (χ2n) is 5.39. The molecule has 20 heavy (non-hydrogen) atoms. The van der Waals surface area contributed by atoms with Crippen molar-refractivity contribution in [2.45, 2.75) is 31.7 Å². The third kappa shape index (κ3) is 1.74. The van der Waals surface area contributed by atoms with Gasteiger partial charge in [0.15, 0.2) is 0 Å². The molecule has 5 heteroatoms. The molecule has 0 fully saturated rings. The largest absolute Gasteiger partial charge is 0.324 e. The first-order chi connectivity index (χ1) is 9.83. The van der Waals surface area contributed by atoms with E-state index in [0.29, 0.717) is 0 Å². The highest BCUT2D eigenvalue weighted by molar-refractivity contribution is 5.75. The fourth-order valence-corrected chi connectivity index (χ4v) is 2.98.